The first-order valence-electron chi connectivity index (χ1n) is 9.12. The van der Waals surface area contributed by atoms with Crippen LogP contribution in [0, 0.1) is 6.92 Å². The number of hydrogen-bond acceptors (Lipinski definition) is 4. The predicted molar refractivity (Wildman–Crippen MR) is 110 cm³/mol. The van der Waals surface area contributed by atoms with E-state index in [4.69, 9.17) is 20.8 Å². The van der Waals surface area contributed by atoms with Crippen LogP contribution in [-0.2, 0) is 11.2 Å². The summed E-state index contributed by atoms with van der Waals surface area (Å²) in [5.41, 5.74) is 2.96. The fraction of sp³-hybridized carbons (Fsp3) is 0.273. The Labute approximate surface area is 168 Å². The van der Waals surface area contributed by atoms with Crippen LogP contribution < -0.4 is 15.7 Å². The largest absolute Gasteiger partial charge is 0.482 e. The first-order valence-corrected chi connectivity index (χ1v) is 9.50. The van der Waals surface area contributed by atoms with Gasteiger partial charge in [-0.2, -0.15) is 0 Å². The molecule has 146 valence electrons. The molecule has 0 bridgehead atoms. The maximum Gasteiger partial charge on any atom is 0.336 e. The van der Waals surface area contributed by atoms with Crippen molar-refractivity contribution in [2.24, 2.45) is 0 Å². The molecule has 0 saturated carbocycles. The summed E-state index contributed by atoms with van der Waals surface area (Å²) in [4.78, 5) is 23.8. The minimum Gasteiger partial charge on any atom is -0.482 e. The summed E-state index contributed by atoms with van der Waals surface area (Å²) in [6.45, 7) is 5.62. The van der Waals surface area contributed by atoms with Crippen molar-refractivity contribution in [3.05, 3.63) is 74.6 Å². The van der Waals surface area contributed by atoms with Gasteiger partial charge in [-0.15, -0.1) is 0 Å². The van der Waals surface area contributed by atoms with E-state index in [-0.39, 0.29) is 24.3 Å². The average Bonchev–Trinajstić information content (AvgIpc) is 2.67. The first-order chi connectivity index (χ1) is 13.4. The van der Waals surface area contributed by atoms with Crippen LogP contribution in [0.2, 0.25) is 5.02 Å². The van der Waals surface area contributed by atoms with Gasteiger partial charge in [0.25, 0.3) is 5.91 Å². The van der Waals surface area contributed by atoms with Crippen molar-refractivity contribution < 1.29 is 13.9 Å². The van der Waals surface area contributed by atoms with Crippen LogP contribution in [0.3, 0.4) is 0 Å². The molecule has 28 heavy (non-hydrogen) atoms. The molecule has 3 aromatic rings. The van der Waals surface area contributed by atoms with Crippen LogP contribution in [0.5, 0.6) is 5.75 Å². The lowest BCUT2D eigenvalue weighted by atomic mass is 10.1. The minimum absolute atomic E-state index is 0.144. The van der Waals surface area contributed by atoms with E-state index in [1.54, 1.807) is 13.0 Å². The van der Waals surface area contributed by atoms with Gasteiger partial charge < -0.3 is 14.5 Å². The molecule has 1 atom stereocenters. The molecule has 0 spiro atoms. The molecule has 2 aromatic carbocycles. The van der Waals surface area contributed by atoms with Crippen LogP contribution in [0.25, 0.3) is 11.0 Å². The zero-order valence-corrected chi connectivity index (χ0v) is 16.8. The van der Waals surface area contributed by atoms with E-state index in [2.05, 4.69) is 24.4 Å². The molecule has 0 radical (unpaired) electrons. The minimum atomic E-state index is -0.445. The number of nitrogens with one attached hydrogen (secondary N) is 1. The highest BCUT2D eigenvalue weighted by Crippen LogP contribution is 2.31. The molecule has 0 aliphatic rings. The number of ether oxygens (including phenoxy) is 1. The van der Waals surface area contributed by atoms with Gasteiger partial charge in [0.05, 0.1) is 11.1 Å². The Kier molecular flexibility index (Phi) is 6.05. The van der Waals surface area contributed by atoms with E-state index in [1.165, 1.54) is 17.7 Å². The van der Waals surface area contributed by atoms with Crippen LogP contribution in [0.15, 0.2) is 51.7 Å². The Morgan fingerprint density at radius 1 is 1.21 bits per heavy atom. The van der Waals surface area contributed by atoms with E-state index < -0.39 is 5.63 Å². The van der Waals surface area contributed by atoms with Crippen molar-refractivity contribution in [2.75, 3.05) is 6.61 Å². The van der Waals surface area contributed by atoms with Crippen molar-refractivity contribution in [2.45, 2.75) is 33.2 Å². The van der Waals surface area contributed by atoms with Crippen LogP contribution in [-0.4, -0.2) is 12.5 Å². The van der Waals surface area contributed by atoms with E-state index in [0.29, 0.717) is 10.6 Å². The fourth-order valence-corrected chi connectivity index (χ4v) is 3.20. The van der Waals surface area contributed by atoms with Gasteiger partial charge in [-0.25, -0.2) is 4.79 Å². The highest BCUT2D eigenvalue weighted by Gasteiger charge is 2.13. The Bertz CT molecular complexity index is 1060. The fourth-order valence-electron chi connectivity index (χ4n) is 2.98. The molecule has 0 fully saturated rings. The topological polar surface area (TPSA) is 68.5 Å². The monoisotopic (exact) mass is 399 g/mol. The van der Waals surface area contributed by atoms with Gasteiger partial charge in [-0.3, -0.25) is 4.79 Å². The maximum absolute atomic E-state index is 12.3. The summed E-state index contributed by atoms with van der Waals surface area (Å²) < 4.78 is 10.7. The molecule has 0 aliphatic heterocycles. The maximum atomic E-state index is 12.3. The van der Waals surface area contributed by atoms with Gasteiger partial charge in [0.1, 0.15) is 11.3 Å². The Morgan fingerprint density at radius 2 is 1.93 bits per heavy atom. The number of halogens is 1. The van der Waals surface area contributed by atoms with Crippen molar-refractivity contribution in [1.82, 2.24) is 5.32 Å². The molecule has 0 unspecified atom stereocenters. The summed E-state index contributed by atoms with van der Waals surface area (Å²) in [6.07, 6.45) is 0.973. The van der Waals surface area contributed by atoms with Crippen molar-refractivity contribution in [3.8, 4) is 5.75 Å². The third-order valence-electron chi connectivity index (χ3n) is 4.63. The highest BCUT2D eigenvalue weighted by molar-refractivity contribution is 6.32. The lowest BCUT2D eigenvalue weighted by Gasteiger charge is -2.15. The number of rotatable bonds is 6. The van der Waals surface area contributed by atoms with E-state index >= 15 is 0 Å². The van der Waals surface area contributed by atoms with Gasteiger partial charge in [0.15, 0.2) is 6.61 Å². The summed E-state index contributed by atoms with van der Waals surface area (Å²) >= 11 is 6.25. The summed E-state index contributed by atoms with van der Waals surface area (Å²) in [6, 6.07) is 12.6. The standard InChI is InChI=1S/C22H22ClNO4/c1-4-15-5-7-16(8-6-15)14(3)24-21(25)12-27-20-11-19-17(10-18(20)23)13(2)9-22(26)28-19/h5-11,14H,4,12H2,1-3H3,(H,24,25)/t14-/m1/s1. The number of amides is 1. The molecule has 0 saturated heterocycles. The number of hydrogen-bond donors (Lipinski definition) is 1. The first kappa shape index (κ1) is 20.0. The lowest BCUT2D eigenvalue weighted by Crippen LogP contribution is -2.31. The molecule has 3 rings (SSSR count). The molecule has 1 amide bonds. The molecule has 0 aliphatic carbocycles. The van der Waals surface area contributed by atoms with E-state index in [9.17, 15) is 9.59 Å². The van der Waals surface area contributed by atoms with Crippen molar-refractivity contribution in [1.29, 1.82) is 0 Å². The Balaban J connectivity index is 1.66. The zero-order chi connectivity index (χ0) is 20.3. The van der Waals surface area contributed by atoms with Gasteiger partial charge >= 0.3 is 5.63 Å². The molecule has 1 heterocycles. The molecule has 1 N–H and O–H groups in total. The van der Waals surface area contributed by atoms with Crippen LogP contribution in [0.4, 0.5) is 0 Å². The number of aryl methyl sites for hydroxylation is 2. The molecule has 5 nitrogen and oxygen atoms in total. The Hall–Kier alpha value is -2.79. The van der Waals surface area contributed by atoms with Crippen molar-refractivity contribution >= 4 is 28.5 Å². The van der Waals surface area contributed by atoms with Crippen LogP contribution >= 0.6 is 11.6 Å². The van der Waals surface area contributed by atoms with E-state index in [1.807, 2.05) is 19.1 Å². The predicted octanol–water partition coefficient (Wildman–Crippen LogP) is 4.57. The SMILES string of the molecule is CCc1ccc([C@@H](C)NC(=O)COc2cc3oc(=O)cc(C)c3cc2Cl)cc1. The Morgan fingerprint density at radius 3 is 2.61 bits per heavy atom. The second-order valence-electron chi connectivity index (χ2n) is 6.70. The van der Waals surface area contributed by atoms with Gasteiger partial charge in [-0.1, -0.05) is 42.8 Å². The zero-order valence-electron chi connectivity index (χ0n) is 16.0. The third-order valence-corrected chi connectivity index (χ3v) is 4.92. The van der Waals surface area contributed by atoms with Crippen molar-refractivity contribution in [3.63, 3.8) is 0 Å². The number of benzene rings is 2. The normalized spacial score (nSPS) is 12.0. The molecule has 6 heteroatoms. The number of fused-ring (bicyclic) bond motifs is 1. The number of carbonyl (C=O) groups excluding carboxylic acids is 1. The van der Waals surface area contributed by atoms with E-state index in [0.717, 1.165) is 22.9 Å². The molecular weight excluding hydrogens is 378 g/mol. The third kappa shape index (κ3) is 4.54. The summed E-state index contributed by atoms with van der Waals surface area (Å²) in [7, 11) is 0. The van der Waals surface area contributed by atoms with Gasteiger partial charge in [0.2, 0.25) is 0 Å². The quantitative estimate of drug-likeness (QED) is 0.616. The van der Waals surface area contributed by atoms with Gasteiger partial charge in [-0.05, 0) is 43.0 Å². The average molecular weight is 400 g/mol. The summed E-state index contributed by atoms with van der Waals surface area (Å²) in [5.74, 6) is 0.0203. The summed E-state index contributed by atoms with van der Waals surface area (Å²) in [5, 5.41) is 3.97. The second kappa shape index (κ2) is 8.48. The molecular formula is C22H22ClNO4. The number of carbonyl (C=O) groups is 1. The van der Waals surface area contributed by atoms with Gasteiger partial charge in [0, 0.05) is 17.5 Å². The smallest absolute Gasteiger partial charge is 0.336 e. The highest BCUT2D eigenvalue weighted by atomic mass is 35.5. The van der Waals surface area contributed by atoms with Crippen LogP contribution in [0.1, 0.15) is 36.6 Å². The second-order valence-corrected chi connectivity index (χ2v) is 7.11. The lowest BCUT2D eigenvalue weighted by molar-refractivity contribution is -0.123. The molecule has 1 aromatic heterocycles.